The molecule has 1 aromatic heterocycles. The number of rotatable bonds is 7. The van der Waals surface area contributed by atoms with Gasteiger partial charge in [0.15, 0.2) is 0 Å². The van der Waals surface area contributed by atoms with E-state index in [2.05, 4.69) is 11.9 Å². The molecule has 0 atom stereocenters. The van der Waals surface area contributed by atoms with Crippen molar-refractivity contribution >= 4 is 5.97 Å². The van der Waals surface area contributed by atoms with Crippen LogP contribution in [-0.2, 0) is 19.9 Å². The van der Waals surface area contributed by atoms with Crippen LogP contribution in [0.2, 0.25) is 0 Å². The van der Waals surface area contributed by atoms with Crippen LogP contribution in [-0.4, -0.2) is 20.6 Å². The van der Waals surface area contributed by atoms with Gasteiger partial charge < -0.3 is 5.11 Å². The number of carboxylic acid groups (broad SMARTS) is 1. The molecule has 2 aromatic carbocycles. The monoisotopic (exact) mass is 390 g/mol. The van der Waals surface area contributed by atoms with Crippen LogP contribution >= 0.6 is 0 Å². The van der Waals surface area contributed by atoms with Gasteiger partial charge in [-0.15, -0.1) is 0 Å². The van der Waals surface area contributed by atoms with E-state index >= 15 is 0 Å². The van der Waals surface area contributed by atoms with Crippen LogP contribution in [0.5, 0.6) is 0 Å². The number of aromatic nitrogens is 2. The van der Waals surface area contributed by atoms with Gasteiger partial charge in [-0.2, -0.15) is 0 Å². The lowest BCUT2D eigenvalue weighted by Gasteiger charge is -2.14. The average molecular weight is 390 g/mol. The van der Waals surface area contributed by atoms with Crippen LogP contribution < -0.4 is 5.56 Å². The Morgan fingerprint density at radius 3 is 2.52 bits per heavy atom. The summed E-state index contributed by atoms with van der Waals surface area (Å²) in [5, 5.41) is 9.75. The van der Waals surface area contributed by atoms with Gasteiger partial charge in [0.1, 0.15) is 5.82 Å². The van der Waals surface area contributed by atoms with Crippen molar-refractivity contribution < 1.29 is 9.90 Å². The van der Waals surface area contributed by atoms with Crippen molar-refractivity contribution in [3.8, 4) is 11.1 Å². The Bertz CT molecular complexity index is 1090. The highest BCUT2D eigenvalue weighted by molar-refractivity contribution is 5.96. The first-order valence-corrected chi connectivity index (χ1v) is 9.89. The number of aromatic carboxylic acids is 1. The lowest BCUT2D eigenvalue weighted by atomic mass is 9.94. The van der Waals surface area contributed by atoms with Gasteiger partial charge in [-0.1, -0.05) is 55.8 Å². The predicted octanol–water partition coefficient (Wildman–Crippen LogP) is 4.39. The number of nitrogens with zero attached hydrogens (tertiary/aromatic N) is 2. The highest BCUT2D eigenvalue weighted by atomic mass is 16.4. The zero-order valence-electron chi connectivity index (χ0n) is 17.1. The number of aryl methyl sites for hydroxylation is 2. The predicted molar refractivity (Wildman–Crippen MR) is 114 cm³/mol. The van der Waals surface area contributed by atoms with E-state index < -0.39 is 5.97 Å². The number of unbranched alkanes of at least 4 members (excludes halogenated alkanes) is 1. The van der Waals surface area contributed by atoms with Crippen molar-refractivity contribution in [2.45, 2.75) is 39.5 Å². The van der Waals surface area contributed by atoms with Crippen LogP contribution in [0.4, 0.5) is 0 Å². The lowest BCUT2D eigenvalue weighted by molar-refractivity contribution is 0.0697. The fourth-order valence-electron chi connectivity index (χ4n) is 3.49. The second-order valence-electron chi connectivity index (χ2n) is 7.28. The van der Waals surface area contributed by atoms with Gasteiger partial charge in [0.05, 0.1) is 11.3 Å². The summed E-state index contributed by atoms with van der Waals surface area (Å²) in [4.78, 5) is 29.4. The summed E-state index contributed by atoms with van der Waals surface area (Å²) in [6.07, 6.45) is 3.09. The summed E-state index contributed by atoms with van der Waals surface area (Å²) in [5.41, 5.74) is 3.96. The van der Waals surface area contributed by atoms with Gasteiger partial charge in [0.2, 0.25) is 0 Å². The molecule has 0 aliphatic rings. The smallest absolute Gasteiger partial charge is 0.336 e. The van der Waals surface area contributed by atoms with Crippen LogP contribution in [0.25, 0.3) is 11.1 Å². The van der Waals surface area contributed by atoms with E-state index in [4.69, 9.17) is 0 Å². The minimum Gasteiger partial charge on any atom is -0.478 e. The summed E-state index contributed by atoms with van der Waals surface area (Å²) < 4.78 is 1.56. The van der Waals surface area contributed by atoms with Crippen LogP contribution in [0.15, 0.2) is 53.3 Å². The van der Waals surface area contributed by atoms with E-state index in [1.165, 1.54) is 0 Å². The minimum atomic E-state index is -0.980. The molecule has 1 heterocycles. The van der Waals surface area contributed by atoms with Gasteiger partial charge in [-0.25, -0.2) is 9.78 Å². The molecule has 0 bridgehead atoms. The van der Waals surface area contributed by atoms with Crippen LogP contribution in [0.3, 0.4) is 0 Å². The first-order chi connectivity index (χ1) is 13.9. The number of hydrogen-bond acceptors (Lipinski definition) is 3. The Morgan fingerprint density at radius 1 is 1.14 bits per heavy atom. The van der Waals surface area contributed by atoms with Crippen molar-refractivity contribution in [1.29, 1.82) is 0 Å². The topological polar surface area (TPSA) is 72.2 Å². The molecule has 1 N–H and O–H groups in total. The van der Waals surface area contributed by atoms with Gasteiger partial charge in [-0.05, 0) is 42.5 Å². The average Bonchev–Trinajstić information content (AvgIpc) is 2.73. The standard InChI is InChI=1S/C24H26N2O3/c1-4-5-11-22-21(23(27)26(3)16(2)25-22)15-17-12-13-19(20(14-17)24(28)29)18-9-7-6-8-10-18/h6-10,12-14H,4-5,11,15H2,1-3H3,(H,28,29). The summed E-state index contributed by atoms with van der Waals surface area (Å²) in [6.45, 7) is 3.94. The highest BCUT2D eigenvalue weighted by Gasteiger charge is 2.17. The quantitative estimate of drug-likeness (QED) is 0.649. The molecule has 5 heteroatoms. The van der Waals surface area contributed by atoms with Gasteiger partial charge in [-0.3, -0.25) is 9.36 Å². The number of carboxylic acids is 1. The van der Waals surface area contributed by atoms with Crippen molar-refractivity contribution in [3.63, 3.8) is 0 Å². The van der Waals surface area contributed by atoms with Crippen LogP contribution in [0.1, 0.15) is 52.8 Å². The van der Waals surface area contributed by atoms with Crippen LogP contribution in [0, 0.1) is 6.92 Å². The Morgan fingerprint density at radius 2 is 1.86 bits per heavy atom. The van der Waals surface area contributed by atoms with E-state index in [1.54, 1.807) is 17.7 Å². The molecule has 29 heavy (non-hydrogen) atoms. The lowest BCUT2D eigenvalue weighted by Crippen LogP contribution is -2.27. The molecular formula is C24H26N2O3. The van der Waals surface area contributed by atoms with E-state index in [9.17, 15) is 14.7 Å². The maximum Gasteiger partial charge on any atom is 0.336 e. The molecular weight excluding hydrogens is 364 g/mol. The van der Waals surface area contributed by atoms with E-state index in [-0.39, 0.29) is 11.1 Å². The molecule has 0 unspecified atom stereocenters. The maximum atomic E-state index is 12.9. The second kappa shape index (κ2) is 8.86. The molecule has 0 saturated carbocycles. The second-order valence-corrected chi connectivity index (χ2v) is 7.28. The summed E-state index contributed by atoms with van der Waals surface area (Å²) >= 11 is 0. The van der Waals surface area contributed by atoms with Crippen molar-refractivity contribution in [1.82, 2.24) is 9.55 Å². The van der Waals surface area contributed by atoms with E-state index in [0.29, 0.717) is 23.4 Å². The summed E-state index contributed by atoms with van der Waals surface area (Å²) in [5.74, 6) is -0.289. The van der Waals surface area contributed by atoms with E-state index in [1.807, 2.05) is 49.4 Å². The molecule has 150 valence electrons. The first kappa shape index (κ1) is 20.5. The molecule has 0 amide bonds. The maximum absolute atomic E-state index is 12.9. The number of carbonyl (C=O) groups is 1. The van der Waals surface area contributed by atoms with Gasteiger partial charge >= 0.3 is 5.97 Å². The number of hydrogen-bond donors (Lipinski definition) is 1. The largest absolute Gasteiger partial charge is 0.478 e. The molecule has 5 nitrogen and oxygen atoms in total. The normalized spacial score (nSPS) is 10.9. The molecule has 3 aromatic rings. The Labute approximate surface area is 170 Å². The Kier molecular flexibility index (Phi) is 6.27. The third-order valence-corrected chi connectivity index (χ3v) is 5.24. The van der Waals surface area contributed by atoms with Gasteiger partial charge in [0.25, 0.3) is 5.56 Å². The third kappa shape index (κ3) is 4.45. The summed E-state index contributed by atoms with van der Waals surface area (Å²) in [6, 6.07) is 14.9. The van der Waals surface area contributed by atoms with Crippen molar-refractivity contribution in [2.24, 2.45) is 7.05 Å². The summed E-state index contributed by atoms with van der Waals surface area (Å²) in [7, 11) is 1.72. The Hall–Kier alpha value is -3.21. The molecule has 0 aliphatic heterocycles. The van der Waals surface area contributed by atoms with Crippen molar-refractivity contribution in [3.05, 3.63) is 87.1 Å². The van der Waals surface area contributed by atoms with E-state index in [0.717, 1.165) is 36.1 Å². The third-order valence-electron chi connectivity index (χ3n) is 5.24. The minimum absolute atomic E-state index is 0.0624. The highest BCUT2D eigenvalue weighted by Crippen LogP contribution is 2.26. The fourth-order valence-corrected chi connectivity index (χ4v) is 3.49. The zero-order chi connectivity index (χ0) is 21.0. The molecule has 0 aliphatic carbocycles. The fraction of sp³-hybridized carbons (Fsp3) is 0.292. The number of benzene rings is 2. The Balaban J connectivity index is 2.05. The SMILES string of the molecule is CCCCc1nc(C)n(C)c(=O)c1Cc1ccc(-c2ccccc2)c(C(=O)O)c1. The van der Waals surface area contributed by atoms with Gasteiger partial charge in [0, 0.05) is 19.0 Å². The molecule has 0 fully saturated rings. The van der Waals surface area contributed by atoms with Crippen molar-refractivity contribution in [2.75, 3.05) is 0 Å². The molecule has 0 saturated heterocycles. The molecule has 0 spiro atoms. The zero-order valence-corrected chi connectivity index (χ0v) is 17.1. The first-order valence-electron chi connectivity index (χ1n) is 9.89. The molecule has 3 rings (SSSR count). The molecule has 0 radical (unpaired) electrons.